The van der Waals surface area contributed by atoms with Crippen LogP contribution in [-0.4, -0.2) is 29.7 Å². The van der Waals surface area contributed by atoms with Crippen molar-refractivity contribution in [2.75, 3.05) is 30.3 Å². The molecule has 0 radical (unpaired) electrons. The third kappa shape index (κ3) is 3.13. The Morgan fingerprint density at radius 1 is 1.19 bits per heavy atom. The van der Waals surface area contributed by atoms with E-state index in [9.17, 15) is 0 Å². The number of rotatable bonds is 2. The van der Waals surface area contributed by atoms with Gasteiger partial charge in [0.25, 0.3) is 0 Å². The molecule has 1 unspecified atom stereocenters. The van der Waals surface area contributed by atoms with Crippen molar-refractivity contribution in [1.29, 1.82) is 0 Å². The van der Waals surface area contributed by atoms with Crippen molar-refractivity contribution in [2.24, 2.45) is 0 Å². The lowest BCUT2D eigenvalue weighted by molar-refractivity contribution is 0.0367. The first-order valence-electron chi connectivity index (χ1n) is 7.16. The summed E-state index contributed by atoms with van der Waals surface area (Å²) >= 11 is 0. The highest BCUT2D eigenvalue weighted by atomic mass is 16.5. The third-order valence-corrected chi connectivity index (χ3v) is 3.59. The molecule has 1 fully saturated rings. The van der Waals surface area contributed by atoms with Crippen LogP contribution < -0.4 is 10.6 Å². The summed E-state index contributed by atoms with van der Waals surface area (Å²) in [7, 11) is 0. The second kappa shape index (κ2) is 5.69. The van der Waals surface area contributed by atoms with Crippen molar-refractivity contribution in [2.45, 2.75) is 20.0 Å². The van der Waals surface area contributed by atoms with Gasteiger partial charge in [0.15, 0.2) is 0 Å². The van der Waals surface area contributed by atoms with Crippen LogP contribution in [0, 0.1) is 13.8 Å². The first-order chi connectivity index (χ1) is 10.1. The number of ether oxygens (including phenoxy) is 1. The Kier molecular flexibility index (Phi) is 3.75. The molecular weight excluding hydrogens is 264 g/mol. The molecule has 3 rings (SSSR count). The Hall–Kier alpha value is -2.14. The molecule has 2 N–H and O–H groups in total. The first kappa shape index (κ1) is 13.8. The summed E-state index contributed by atoms with van der Waals surface area (Å²) in [5.41, 5.74) is 9.47. The molecule has 1 aliphatic rings. The Bertz CT molecular complexity index is 624. The normalized spacial score (nSPS) is 18.8. The average Bonchev–Trinajstić information content (AvgIpc) is 2.46. The van der Waals surface area contributed by atoms with E-state index in [1.165, 1.54) is 0 Å². The summed E-state index contributed by atoms with van der Waals surface area (Å²) in [6.45, 7) is 6.20. The van der Waals surface area contributed by atoms with Gasteiger partial charge in [0.1, 0.15) is 11.9 Å². The largest absolute Gasteiger partial charge is 0.399 e. The highest BCUT2D eigenvalue weighted by Crippen LogP contribution is 2.25. The fourth-order valence-electron chi connectivity index (χ4n) is 2.63. The van der Waals surface area contributed by atoms with Crippen LogP contribution in [0.2, 0.25) is 0 Å². The van der Waals surface area contributed by atoms with Gasteiger partial charge in [0.05, 0.1) is 18.8 Å². The SMILES string of the molecule is Cc1cc(N)cc(C2CN(c3cccc(C)n3)CCO2)n1. The zero-order valence-corrected chi connectivity index (χ0v) is 12.4. The maximum absolute atomic E-state index is 5.91. The lowest BCUT2D eigenvalue weighted by Crippen LogP contribution is -2.39. The Balaban J connectivity index is 1.82. The van der Waals surface area contributed by atoms with Gasteiger partial charge in [0.2, 0.25) is 0 Å². The molecule has 1 aliphatic heterocycles. The second-order valence-corrected chi connectivity index (χ2v) is 5.41. The maximum atomic E-state index is 5.91. The van der Waals surface area contributed by atoms with Crippen LogP contribution in [0.3, 0.4) is 0 Å². The monoisotopic (exact) mass is 284 g/mol. The van der Waals surface area contributed by atoms with Gasteiger partial charge < -0.3 is 15.4 Å². The molecule has 0 bridgehead atoms. The van der Waals surface area contributed by atoms with Gasteiger partial charge in [-0.05, 0) is 38.1 Å². The van der Waals surface area contributed by atoms with E-state index in [4.69, 9.17) is 10.5 Å². The molecule has 1 saturated heterocycles. The van der Waals surface area contributed by atoms with Crippen LogP contribution in [0.5, 0.6) is 0 Å². The average molecular weight is 284 g/mol. The number of nitrogens with two attached hydrogens (primary N) is 1. The van der Waals surface area contributed by atoms with E-state index in [2.05, 4.69) is 14.9 Å². The molecule has 21 heavy (non-hydrogen) atoms. The Morgan fingerprint density at radius 2 is 2.05 bits per heavy atom. The van der Waals surface area contributed by atoms with Gasteiger partial charge in [-0.15, -0.1) is 0 Å². The quantitative estimate of drug-likeness (QED) is 0.916. The Labute approximate surface area is 124 Å². The van der Waals surface area contributed by atoms with Crippen LogP contribution in [0.1, 0.15) is 23.2 Å². The fourth-order valence-corrected chi connectivity index (χ4v) is 2.63. The molecule has 5 nitrogen and oxygen atoms in total. The van der Waals surface area contributed by atoms with Crippen molar-refractivity contribution in [1.82, 2.24) is 9.97 Å². The van der Waals surface area contributed by atoms with Crippen LogP contribution in [0.4, 0.5) is 11.5 Å². The van der Waals surface area contributed by atoms with Gasteiger partial charge >= 0.3 is 0 Å². The molecular formula is C16H20N4O. The van der Waals surface area contributed by atoms with Gasteiger partial charge in [0, 0.05) is 23.6 Å². The summed E-state index contributed by atoms with van der Waals surface area (Å²) < 4.78 is 5.87. The number of anilines is 2. The van der Waals surface area contributed by atoms with E-state index in [-0.39, 0.29) is 6.10 Å². The zero-order valence-electron chi connectivity index (χ0n) is 12.4. The number of aromatic nitrogens is 2. The second-order valence-electron chi connectivity index (χ2n) is 5.41. The van der Waals surface area contributed by atoms with Crippen molar-refractivity contribution >= 4 is 11.5 Å². The minimum Gasteiger partial charge on any atom is -0.399 e. The minimum atomic E-state index is -0.0664. The van der Waals surface area contributed by atoms with E-state index in [0.717, 1.165) is 41.7 Å². The fraction of sp³-hybridized carbons (Fsp3) is 0.375. The lowest BCUT2D eigenvalue weighted by atomic mass is 10.1. The van der Waals surface area contributed by atoms with Gasteiger partial charge in [-0.3, -0.25) is 4.98 Å². The van der Waals surface area contributed by atoms with Crippen molar-refractivity contribution in [3.05, 3.63) is 47.4 Å². The molecule has 2 aromatic rings. The smallest absolute Gasteiger partial charge is 0.128 e. The zero-order chi connectivity index (χ0) is 14.8. The number of nitrogens with zero attached hydrogens (tertiary/aromatic N) is 3. The molecule has 0 saturated carbocycles. The summed E-state index contributed by atoms with van der Waals surface area (Å²) in [6, 6.07) is 9.83. The van der Waals surface area contributed by atoms with Gasteiger partial charge in [-0.25, -0.2) is 4.98 Å². The molecule has 0 amide bonds. The van der Waals surface area contributed by atoms with E-state index in [0.29, 0.717) is 6.61 Å². The van der Waals surface area contributed by atoms with E-state index >= 15 is 0 Å². The molecule has 5 heteroatoms. The molecule has 1 atom stereocenters. The molecule has 2 aromatic heterocycles. The topological polar surface area (TPSA) is 64.3 Å². The first-order valence-corrected chi connectivity index (χ1v) is 7.16. The lowest BCUT2D eigenvalue weighted by Gasteiger charge is -2.33. The molecule has 110 valence electrons. The summed E-state index contributed by atoms with van der Waals surface area (Å²) in [5, 5.41) is 0. The number of morpholine rings is 1. The summed E-state index contributed by atoms with van der Waals surface area (Å²) in [5.74, 6) is 0.990. The molecule has 0 aliphatic carbocycles. The molecule has 3 heterocycles. The standard InChI is InChI=1S/C16H20N4O/c1-11-4-3-5-16(19-11)20-6-7-21-15(10-20)14-9-13(17)8-12(2)18-14/h3-5,8-9,15H,6-7,10H2,1-2H3,(H2,17,18). The van der Waals surface area contributed by atoms with Crippen LogP contribution in [0.25, 0.3) is 0 Å². The van der Waals surface area contributed by atoms with Crippen LogP contribution >= 0.6 is 0 Å². The number of pyridine rings is 2. The van der Waals surface area contributed by atoms with E-state index < -0.39 is 0 Å². The van der Waals surface area contributed by atoms with E-state index in [1.807, 2.05) is 44.2 Å². The maximum Gasteiger partial charge on any atom is 0.128 e. The van der Waals surface area contributed by atoms with Crippen LogP contribution in [-0.2, 0) is 4.74 Å². The predicted octanol–water partition coefficient (Wildman–Crippen LogP) is 2.25. The van der Waals surface area contributed by atoms with Crippen LogP contribution in [0.15, 0.2) is 30.3 Å². The third-order valence-electron chi connectivity index (χ3n) is 3.59. The summed E-state index contributed by atoms with van der Waals surface area (Å²) in [6.07, 6.45) is -0.0664. The van der Waals surface area contributed by atoms with Gasteiger partial charge in [-0.1, -0.05) is 6.07 Å². The number of hydrogen-bond donors (Lipinski definition) is 1. The van der Waals surface area contributed by atoms with Crippen molar-refractivity contribution < 1.29 is 4.74 Å². The van der Waals surface area contributed by atoms with E-state index in [1.54, 1.807) is 0 Å². The van der Waals surface area contributed by atoms with Crippen molar-refractivity contribution in [3.8, 4) is 0 Å². The molecule has 0 spiro atoms. The highest BCUT2D eigenvalue weighted by molar-refractivity contribution is 5.43. The Morgan fingerprint density at radius 3 is 2.81 bits per heavy atom. The van der Waals surface area contributed by atoms with Crippen molar-refractivity contribution in [3.63, 3.8) is 0 Å². The number of hydrogen-bond acceptors (Lipinski definition) is 5. The summed E-state index contributed by atoms with van der Waals surface area (Å²) in [4.78, 5) is 11.4. The predicted molar refractivity (Wildman–Crippen MR) is 83.3 cm³/mol. The minimum absolute atomic E-state index is 0.0664. The molecule has 0 aromatic carbocycles. The number of nitrogen functional groups attached to an aromatic ring is 1. The highest BCUT2D eigenvalue weighted by Gasteiger charge is 2.24. The number of aryl methyl sites for hydroxylation is 2. The van der Waals surface area contributed by atoms with Gasteiger partial charge in [-0.2, -0.15) is 0 Å².